The fourth-order valence-corrected chi connectivity index (χ4v) is 3.02. The molecule has 3 heteroatoms. The van der Waals surface area contributed by atoms with E-state index < -0.39 is 5.60 Å². The lowest BCUT2D eigenvalue weighted by molar-refractivity contribution is 0.0380. The van der Waals surface area contributed by atoms with Crippen LogP contribution in [0.3, 0.4) is 0 Å². The van der Waals surface area contributed by atoms with Crippen molar-refractivity contribution < 1.29 is 14.2 Å². The van der Waals surface area contributed by atoms with E-state index >= 15 is 0 Å². The van der Waals surface area contributed by atoms with Gasteiger partial charge < -0.3 is 9.84 Å². The van der Waals surface area contributed by atoms with Crippen LogP contribution in [0.4, 0.5) is 4.39 Å². The SMILES string of the molecule is COc1cccc(CC2(O)CCc3ccccc32)c1F. The lowest BCUT2D eigenvalue weighted by Gasteiger charge is -2.24. The molecule has 0 amide bonds. The van der Waals surface area contributed by atoms with Crippen LogP contribution in [0.25, 0.3) is 0 Å². The van der Waals surface area contributed by atoms with E-state index in [0.717, 1.165) is 17.5 Å². The lowest BCUT2D eigenvalue weighted by Crippen LogP contribution is -2.25. The van der Waals surface area contributed by atoms with E-state index in [2.05, 4.69) is 0 Å². The normalized spacial score (nSPS) is 20.8. The Morgan fingerprint density at radius 3 is 2.80 bits per heavy atom. The molecule has 0 saturated heterocycles. The highest BCUT2D eigenvalue weighted by atomic mass is 19.1. The number of benzene rings is 2. The molecule has 1 aliphatic rings. The first-order valence-corrected chi connectivity index (χ1v) is 6.76. The molecule has 2 aromatic carbocycles. The summed E-state index contributed by atoms with van der Waals surface area (Å²) in [6, 6.07) is 12.9. The van der Waals surface area contributed by atoms with Crippen molar-refractivity contribution >= 4 is 0 Å². The van der Waals surface area contributed by atoms with Crippen LogP contribution >= 0.6 is 0 Å². The van der Waals surface area contributed by atoms with Crippen molar-refractivity contribution in [1.82, 2.24) is 0 Å². The minimum absolute atomic E-state index is 0.220. The second-order valence-electron chi connectivity index (χ2n) is 5.30. The summed E-state index contributed by atoms with van der Waals surface area (Å²) in [7, 11) is 1.45. The van der Waals surface area contributed by atoms with Crippen LogP contribution in [0.15, 0.2) is 42.5 Å². The van der Waals surface area contributed by atoms with E-state index in [1.165, 1.54) is 7.11 Å². The topological polar surface area (TPSA) is 29.5 Å². The van der Waals surface area contributed by atoms with E-state index in [-0.39, 0.29) is 18.0 Å². The van der Waals surface area contributed by atoms with Gasteiger partial charge in [-0.25, -0.2) is 4.39 Å². The number of ether oxygens (including phenoxy) is 1. The Kier molecular flexibility index (Phi) is 3.22. The molecule has 1 unspecified atom stereocenters. The molecule has 2 nitrogen and oxygen atoms in total. The summed E-state index contributed by atoms with van der Waals surface area (Å²) in [6.45, 7) is 0. The largest absolute Gasteiger partial charge is 0.494 e. The molecule has 0 heterocycles. The summed E-state index contributed by atoms with van der Waals surface area (Å²) in [6.07, 6.45) is 1.73. The quantitative estimate of drug-likeness (QED) is 0.929. The second kappa shape index (κ2) is 4.91. The molecule has 1 N–H and O–H groups in total. The number of aryl methyl sites for hydroxylation is 1. The molecule has 0 aromatic heterocycles. The Labute approximate surface area is 117 Å². The number of rotatable bonds is 3. The maximum atomic E-state index is 14.2. The zero-order chi connectivity index (χ0) is 14.2. The zero-order valence-electron chi connectivity index (χ0n) is 11.4. The van der Waals surface area contributed by atoms with E-state index in [0.29, 0.717) is 12.0 Å². The van der Waals surface area contributed by atoms with Crippen LogP contribution in [-0.2, 0) is 18.4 Å². The summed E-state index contributed by atoms with van der Waals surface area (Å²) >= 11 is 0. The molecule has 0 bridgehead atoms. The Hall–Kier alpha value is -1.87. The van der Waals surface area contributed by atoms with Crippen molar-refractivity contribution in [2.75, 3.05) is 7.11 Å². The minimum atomic E-state index is -0.982. The Morgan fingerprint density at radius 2 is 2.00 bits per heavy atom. The molecule has 0 radical (unpaired) electrons. The first-order valence-electron chi connectivity index (χ1n) is 6.76. The van der Waals surface area contributed by atoms with Gasteiger partial charge in [0.15, 0.2) is 11.6 Å². The smallest absolute Gasteiger partial charge is 0.168 e. The third-order valence-electron chi connectivity index (χ3n) is 4.07. The summed E-state index contributed by atoms with van der Waals surface area (Å²) in [5.41, 5.74) is 1.58. The molecule has 20 heavy (non-hydrogen) atoms. The van der Waals surface area contributed by atoms with Gasteiger partial charge in [-0.2, -0.15) is 0 Å². The summed E-state index contributed by atoms with van der Waals surface area (Å²) in [5.74, 6) is -0.162. The summed E-state index contributed by atoms with van der Waals surface area (Å²) in [5, 5.41) is 10.9. The summed E-state index contributed by atoms with van der Waals surface area (Å²) in [4.78, 5) is 0. The Bertz CT molecular complexity index is 639. The maximum absolute atomic E-state index is 14.2. The first kappa shape index (κ1) is 13.1. The van der Waals surface area contributed by atoms with Crippen molar-refractivity contribution in [3.63, 3.8) is 0 Å². The lowest BCUT2D eigenvalue weighted by atomic mass is 9.88. The average molecular weight is 272 g/mol. The van der Waals surface area contributed by atoms with Crippen LogP contribution in [-0.4, -0.2) is 12.2 Å². The number of hydrogen-bond donors (Lipinski definition) is 1. The molecule has 1 atom stereocenters. The monoisotopic (exact) mass is 272 g/mol. The van der Waals surface area contributed by atoms with Crippen molar-refractivity contribution in [2.45, 2.75) is 24.9 Å². The number of methoxy groups -OCH3 is 1. The molecule has 3 rings (SSSR count). The van der Waals surface area contributed by atoms with E-state index in [4.69, 9.17) is 4.74 Å². The van der Waals surface area contributed by atoms with Crippen LogP contribution in [0.1, 0.15) is 23.1 Å². The number of fused-ring (bicyclic) bond motifs is 1. The van der Waals surface area contributed by atoms with Crippen LogP contribution < -0.4 is 4.74 Å². The fourth-order valence-electron chi connectivity index (χ4n) is 3.02. The fraction of sp³-hybridized carbons (Fsp3) is 0.294. The predicted molar refractivity (Wildman–Crippen MR) is 75.3 cm³/mol. The van der Waals surface area contributed by atoms with E-state index in [9.17, 15) is 9.50 Å². The van der Waals surface area contributed by atoms with Gasteiger partial charge in [-0.05, 0) is 35.6 Å². The van der Waals surface area contributed by atoms with Crippen LogP contribution in [0.2, 0.25) is 0 Å². The van der Waals surface area contributed by atoms with Gasteiger partial charge in [0.1, 0.15) is 0 Å². The van der Waals surface area contributed by atoms with Crippen molar-refractivity contribution in [3.8, 4) is 5.75 Å². The zero-order valence-corrected chi connectivity index (χ0v) is 11.4. The molecular formula is C17H17FO2. The van der Waals surface area contributed by atoms with Crippen molar-refractivity contribution in [3.05, 3.63) is 65.0 Å². The van der Waals surface area contributed by atoms with Gasteiger partial charge in [0.25, 0.3) is 0 Å². The third-order valence-corrected chi connectivity index (χ3v) is 4.07. The average Bonchev–Trinajstić information content (AvgIpc) is 2.80. The van der Waals surface area contributed by atoms with E-state index in [1.54, 1.807) is 18.2 Å². The molecule has 1 aliphatic carbocycles. The minimum Gasteiger partial charge on any atom is -0.494 e. The first-order chi connectivity index (χ1) is 9.64. The molecule has 0 saturated carbocycles. The number of halogens is 1. The van der Waals surface area contributed by atoms with Gasteiger partial charge >= 0.3 is 0 Å². The maximum Gasteiger partial charge on any atom is 0.168 e. The van der Waals surface area contributed by atoms with Gasteiger partial charge in [0, 0.05) is 6.42 Å². The Morgan fingerprint density at radius 1 is 1.20 bits per heavy atom. The van der Waals surface area contributed by atoms with Gasteiger partial charge in [-0.15, -0.1) is 0 Å². The third kappa shape index (κ3) is 2.08. The molecular weight excluding hydrogens is 255 g/mol. The van der Waals surface area contributed by atoms with Crippen molar-refractivity contribution in [1.29, 1.82) is 0 Å². The van der Waals surface area contributed by atoms with Crippen molar-refractivity contribution in [2.24, 2.45) is 0 Å². The molecule has 0 spiro atoms. The predicted octanol–water partition coefficient (Wildman–Crippen LogP) is 3.21. The molecule has 0 aliphatic heterocycles. The van der Waals surface area contributed by atoms with Gasteiger partial charge in [-0.1, -0.05) is 36.4 Å². The highest BCUT2D eigenvalue weighted by Gasteiger charge is 2.37. The standard InChI is InChI=1S/C17H17FO2/c1-20-15-8-4-6-13(16(15)18)11-17(19)10-9-12-5-2-3-7-14(12)17/h2-8,19H,9-11H2,1H3. The van der Waals surface area contributed by atoms with Gasteiger partial charge in [-0.3, -0.25) is 0 Å². The highest BCUT2D eigenvalue weighted by Crippen LogP contribution is 2.40. The van der Waals surface area contributed by atoms with Crippen LogP contribution in [0, 0.1) is 5.82 Å². The van der Waals surface area contributed by atoms with Crippen LogP contribution in [0.5, 0.6) is 5.75 Å². The highest BCUT2D eigenvalue weighted by molar-refractivity contribution is 5.40. The number of hydrogen-bond acceptors (Lipinski definition) is 2. The van der Waals surface area contributed by atoms with E-state index in [1.807, 2.05) is 24.3 Å². The Balaban J connectivity index is 1.96. The molecule has 2 aromatic rings. The second-order valence-corrected chi connectivity index (χ2v) is 5.30. The molecule has 0 fully saturated rings. The van der Waals surface area contributed by atoms with Gasteiger partial charge in [0.05, 0.1) is 12.7 Å². The number of aliphatic hydroxyl groups is 1. The summed E-state index contributed by atoms with van der Waals surface area (Å²) < 4.78 is 19.2. The molecule has 104 valence electrons. The van der Waals surface area contributed by atoms with Gasteiger partial charge in [0.2, 0.25) is 0 Å².